The van der Waals surface area contributed by atoms with Crippen molar-refractivity contribution in [2.75, 3.05) is 26.2 Å². The summed E-state index contributed by atoms with van der Waals surface area (Å²) in [7, 11) is 0. The fraction of sp³-hybridized carbons (Fsp3) is 1.00. The molecule has 0 bridgehead atoms. The minimum Gasteiger partial charge on any atom is -0.371 e. The van der Waals surface area contributed by atoms with E-state index in [9.17, 15) is 0 Å². The van der Waals surface area contributed by atoms with Crippen LogP contribution in [0.25, 0.3) is 0 Å². The van der Waals surface area contributed by atoms with Crippen LogP contribution in [-0.2, 0) is 4.74 Å². The minimum atomic E-state index is -0.0178. The van der Waals surface area contributed by atoms with Crippen molar-refractivity contribution in [3.63, 3.8) is 0 Å². The summed E-state index contributed by atoms with van der Waals surface area (Å²) in [6.07, 6.45) is 1.07. The second-order valence-corrected chi connectivity index (χ2v) is 2.84. The second kappa shape index (κ2) is 3.32. The summed E-state index contributed by atoms with van der Waals surface area (Å²) >= 11 is 0. The number of hydrogen-bond acceptors (Lipinski definition) is 3. The zero-order chi connectivity index (χ0) is 7.45. The van der Waals surface area contributed by atoms with Gasteiger partial charge in [-0.2, -0.15) is 0 Å². The smallest absolute Gasteiger partial charge is 0.105 e. The summed E-state index contributed by atoms with van der Waals surface area (Å²) < 4.78 is 5.58. The van der Waals surface area contributed by atoms with Crippen LogP contribution in [0.4, 0.5) is 0 Å². The van der Waals surface area contributed by atoms with Gasteiger partial charge in [0.05, 0.1) is 0 Å². The van der Waals surface area contributed by atoms with Crippen LogP contribution in [0.2, 0.25) is 0 Å². The first-order valence-electron chi connectivity index (χ1n) is 3.88. The Hall–Kier alpha value is -0.120. The number of ether oxygens (including phenoxy) is 1. The summed E-state index contributed by atoms with van der Waals surface area (Å²) in [5.41, 5.74) is 5.53. The summed E-state index contributed by atoms with van der Waals surface area (Å²) in [4.78, 5) is 0. The van der Waals surface area contributed by atoms with Crippen LogP contribution in [0.1, 0.15) is 13.3 Å². The lowest BCUT2D eigenvalue weighted by molar-refractivity contribution is -0.0731. The molecule has 0 spiro atoms. The molecule has 1 heterocycles. The first-order chi connectivity index (χ1) is 4.83. The van der Waals surface area contributed by atoms with Crippen molar-refractivity contribution >= 4 is 0 Å². The Balaban J connectivity index is 2.20. The van der Waals surface area contributed by atoms with Crippen molar-refractivity contribution in [2.24, 2.45) is 5.73 Å². The molecular weight excluding hydrogens is 128 g/mol. The van der Waals surface area contributed by atoms with E-state index in [4.69, 9.17) is 10.5 Å². The molecule has 0 atom stereocenters. The molecule has 0 aliphatic carbocycles. The van der Waals surface area contributed by atoms with Crippen LogP contribution in [-0.4, -0.2) is 31.8 Å². The lowest BCUT2D eigenvalue weighted by Crippen LogP contribution is -2.65. The first-order valence-corrected chi connectivity index (χ1v) is 3.88. The van der Waals surface area contributed by atoms with E-state index in [-0.39, 0.29) is 5.60 Å². The highest BCUT2D eigenvalue weighted by Crippen LogP contribution is 2.14. The fourth-order valence-corrected chi connectivity index (χ4v) is 1.03. The molecule has 0 unspecified atom stereocenters. The predicted molar refractivity (Wildman–Crippen MR) is 40.9 cm³/mol. The number of nitrogens with two attached hydrogens (primary N) is 1. The standard InChI is InChI=1S/C7H16N2O/c1-2-3-10-7(4-8)5-9-6-7/h9H,2-6,8H2,1H3. The monoisotopic (exact) mass is 144 g/mol. The van der Waals surface area contributed by atoms with Crippen molar-refractivity contribution in [3.05, 3.63) is 0 Å². The maximum absolute atomic E-state index is 5.58. The van der Waals surface area contributed by atoms with Gasteiger partial charge in [0.15, 0.2) is 0 Å². The van der Waals surface area contributed by atoms with Gasteiger partial charge in [-0.1, -0.05) is 6.92 Å². The van der Waals surface area contributed by atoms with E-state index < -0.39 is 0 Å². The molecular formula is C7H16N2O. The van der Waals surface area contributed by atoms with E-state index in [1.165, 1.54) is 0 Å². The molecule has 1 fully saturated rings. The quantitative estimate of drug-likeness (QED) is 0.570. The number of hydrogen-bond donors (Lipinski definition) is 2. The van der Waals surface area contributed by atoms with Gasteiger partial charge in [-0.3, -0.25) is 0 Å². The molecule has 0 radical (unpaired) electrons. The predicted octanol–water partition coefficient (Wildman–Crippen LogP) is -0.286. The molecule has 0 aromatic rings. The highest BCUT2D eigenvalue weighted by atomic mass is 16.5. The third-order valence-electron chi connectivity index (χ3n) is 1.88. The third kappa shape index (κ3) is 1.48. The van der Waals surface area contributed by atoms with E-state index in [0.717, 1.165) is 26.1 Å². The fourth-order valence-electron chi connectivity index (χ4n) is 1.03. The molecule has 1 saturated heterocycles. The zero-order valence-corrected chi connectivity index (χ0v) is 6.52. The van der Waals surface area contributed by atoms with Crippen LogP contribution in [0, 0.1) is 0 Å². The lowest BCUT2D eigenvalue weighted by atomic mass is 9.97. The SMILES string of the molecule is CCCOC1(CN)CNC1. The Morgan fingerprint density at radius 2 is 2.30 bits per heavy atom. The Morgan fingerprint density at radius 1 is 1.60 bits per heavy atom. The minimum absolute atomic E-state index is 0.0178. The summed E-state index contributed by atoms with van der Waals surface area (Å²) in [5.74, 6) is 0. The van der Waals surface area contributed by atoms with Gasteiger partial charge in [0.25, 0.3) is 0 Å². The lowest BCUT2D eigenvalue weighted by Gasteiger charge is -2.41. The molecule has 3 nitrogen and oxygen atoms in total. The van der Waals surface area contributed by atoms with E-state index >= 15 is 0 Å². The molecule has 10 heavy (non-hydrogen) atoms. The maximum Gasteiger partial charge on any atom is 0.105 e. The van der Waals surface area contributed by atoms with Crippen LogP contribution in [0.15, 0.2) is 0 Å². The van der Waals surface area contributed by atoms with Gasteiger partial charge < -0.3 is 15.8 Å². The average Bonchev–Trinajstić information content (AvgIpc) is 1.87. The molecule has 1 rings (SSSR count). The summed E-state index contributed by atoms with van der Waals surface area (Å²) in [6, 6.07) is 0. The van der Waals surface area contributed by atoms with Gasteiger partial charge in [-0.15, -0.1) is 0 Å². The topological polar surface area (TPSA) is 47.3 Å². The Bertz CT molecular complexity index is 96.3. The Morgan fingerprint density at radius 3 is 2.60 bits per heavy atom. The number of rotatable bonds is 4. The number of nitrogens with one attached hydrogen (secondary N) is 1. The maximum atomic E-state index is 5.58. The van der Waals surface area contributed by atoms with Gasteiger partial charge in [0.2, 0.25) is 0 Å². The molecule has 0 amide bonds. The zero-order valence-electron chi connectivity index (χ0n) is 6.52. The van der Waals surface area contributed by atoms with Crippen molar-refractivity contribution < 1.29 is 4.74 Å². The van der Waals surface area contributed by atoms with E-state index in [1.807, 2.05) is 0 Å². The molecule has 3 heteroatoms. The summed E-state index contributed by atoms with van der Waals surface area (Å²) in [6.45, 7) is 5.42. The highest BCUT2D eigenvalue weighted by Gasteiger charge is 2.35. The summed E-state index contributed by atoms with van der Waals surface area (Å²) in [5, 5.41) is 3.16. The molecule has 0 saturated carbocycles. The van der Waals surface area contributed by atoms with Crippen LogP contribution in [0.5, 0.6) is 0 Å². The largest absolute Gasteiger partial charge is 0.371 e. The van der Waals surface area contributed by atoms with Gasteiger partial charge in [-0.05, 0) is 6.42 Å². The van der Waals surface area contributed by atoms with Crippen molar-refractivity contribution in [2.45, 2.75) is 18.9 Å². The Kier molecular flexibility index (Phi) is 2.65. The van der Waals surface area contributed by atoms with E-state index in [1.54, 1.807) is 0 Å². The van der Waals surface area contributed by atoms with Gasteiger partial charge >= 0.3 is 0 Å². The molecule has 0 aromatic heterocycles. The highest BCUT2D eigenvalue weighted by molar-refractivity contribution is 4.95. The average molecular weight is 144 g/mol. The van der Waals surface area contributed by atoms with E-state index in [0.29, 0.717) is 6.54 Å². The Labute approximate surface area is 61.9 Å². The molecule has 1 aliphatic heterocycles. The van der Waals surface area contributed by atoms with Crippen molar-refractivity contribution in [1.82, 2.24) is 5.32 Å². The van der Waals surface area contributed by atoms with Crippen LogP contribution in [0.3, 0.4) is 0 Å². The van der Waals surface area contributed by atoms with Crippen molar-refractivity contribution in [3.8, 4) is 0 Å². The second-order valence-electron chi connectivity index (χ2n) is 2.84. The molecule has 0 aromatic carbocycles. The van der Waals surface area contributed by atoms with E-state index in [2.05, 4.69) is 12.2 Å². The first kappa shape index (κ1) is 7.98. The van der Waals surface area contributed by atoms with Crippen LogP contribution < -0.4 is 11.1 Å². The van der Waals surface area contributed by atoms with Gasteiger partial charge in [-0.25, -0.2) is 0 Å². The van der Waals surface area contributed by atoms with Crippen molar-refractivity contribution in [1.29, 1.82) is 0 Å². The molecule has 3 N–H and O–H groups in total. The van der Waals surface area contributed by atoms with Gasteiger partial charge in [0.1, 0.15) is 5.60 Å². The molecule has 1 aliphatic rings. The molecule has 60 valence electrons. The van der Waals surface area contributed by atoms with Gasteiger partial charge in [0, 0.05) is 26.2 Å². The third-order valence-corrected chi connectivity index (χ3v) is 1.88. The van der Waals surface area contributed by atoms with Crippen LogP contribution >= 0.6 is 0 Å². The normalized spacial score (nSPS) is 22.2.